The minimum absolute atomic E-state index is 0.354. The number of aryl methyl sites for hydroxylation is 1. The van der Waals surface area contributed by atoms with Gasteiger partial charge in [0.15, 0.2) is 9.84 Å². The first-order valence-corrected chi connectivity index (χ1v) is 15.4. The first-order chi connectivity index (χ1) is 17.8. The molecule has 0 saturated heterocycles. The van der Waals surface area contributed by atoms with Crippen molar-refractivity contribution in [1.82, 2.24) is 0 Å². The Balaban J connectivity index is 2.04. The molecule has 0 bridgehead atoms. The zero-order valence-corrected chi connectivity index (χ0v) is 24.1. The molecule has 0 aliphatic carbocycles. The lowest BCUT2D eigenvalue weighted by Crippen LogP contribution is -2.25. The van der Waals surface area contributed by atoms with Crippen molar-refractivity contribution in [2.45, 2.75) is 70.4 Å². The molecule has 0 N–H and O–H groups in total. The van der Waals surface area contributed by atoms with Crippen LogP contribution in [0.15, 0.2) is 77.7 Å². The normalized spacial score (nSPS) is 12.4. The standard InChI is InChI=1S/C32H44N2O2S/c1-6-10-24-34(25-11-7-2)30-20-16-28(17-21-30)32(37(35,36)31-22-12-26(5)13-23-31)27-14-18-29(19-15-27)33(8-3)9-4/h12-23,32H,6-11,24-25H2,1-5H3. The summed E-state index contributed by atoms with van der Waals surface area (Å²) in [7, 11) is -3.66. The van der Waals surface area contributed by atoms with Crippen molar-refractivity contribution in [1.29, 1.82) is 0 Å². The second-order valence-electron chi connectivity index (χ2n) is 9.79. The summed E-state index contributed by atoms with van der Waals surface area (Å²) in [4.78, 5) is 5.05. The van der Waals surface area contributed by atoms with Crippen LogP contribution >= 0.6 is 0 Å². The minimum atomic E-state index is -3.66. The fourth-order valence-electron chi connectivity index (χ4n) is 4.79. The van der Waals surface area contributed by atoms with Gasteiger partial charge in [0.2, 0.25) is 0 Å². The largest absolute Gasteiger partial charge is 0.372 e. The van der Waals surface area contributed by atoms with Crippen molar-refractivity contribution < 1.29 is 8.42 Å². The van der Waals surface area contributed by atoms with Crippen molar-refractivity contribution in [3.05, 3.63) is 89.5 Å². The Hall–Kier alpha value is -2.79. The van der Waals surface area contributed by atoms with Gasteiger partial charge in [-0.25, -0.2) is 8.42 Å². The SMILES string of the molecule is CCCCN(CCCC)c1ccc(C(c2ccc(N(CC)CC)cc2)S(=O)(=O)c2ccc(C)cc2)cc1. The highest BCUT2D eigenvalue weighted by molar-refractivity contribution is 7.91. The first kappa shape index (κ1) is 28.8. The molecule has 3 rings (SSSR count). The van der Waals surface area contributed by atoms with Crippen LogP contribution in [0.2, 0.25) is 0 Å². The van der Waals surface area contributed by atoms with Crippen LogP contribution in [0, 0.1) is 6.92 Å². The molecule has 0 fully saturated rings. The second kappa shape index (κ2) is 13.7. The van der Waals surface area contributed by atoms with Crippen LogP contribution in [-0.4, -0.2) is 34.6 Å². The molecular weight excluding hydrogens is 476 g/mol. The van der Waals surface area contributed by atoms with Gasteiger partial charge in [-0.05, 0) is 81.1 Å². The number of benzene rings is 3. The number of hydrogen-bond donors (Lipinski definition) is 0. The molecule has 0 spiro atoms. The van der Waals surface area contributed by atoms with Gasteiger partial charge in [0, 0.05) is 37.6 Å². The molecule has 37 heavy (non-hydrogen) atoms. The summed E-state index contributed by atoms with van der Waals surface area (Å²) in [5, 5.41) is -0.769. The predicted molar refractivity (Wildman–Crippen MR) is 159 cm³/mol. The van der Waals surface area contributed by atoms with Crippen LogP contribution in [0.3, 0.4) is 0 Å². The van der Waals surface area contributed by atoms with Crippen LogP contribution < -0.4 is 9.80 Å². The summed E-state index contributed by atoms with van der Waals surface area (Å²) in [6.07, 6.45) is 4.60. The monoisotopic (exact) mass is 520 g/mol. The zero-order chi connectivity index (χ0) is 26.8. The van der Waals surface area contributed by atoms with E-state index in [2.05, 4.69) is 49.6 Å². The van der Waals surface area contributed by atoms with Gasteiger partial charge in [-0.1, -0.05) is 68.7 Å². The average molecular weight is 521 g/mol. The smallest absolute Gasteiger partial charge is 0.189 e. The van der Waals surface area contributed by atoms with Crippen molar-refractivity contribution in [2.75, 3.05) is 36.0 Å². The third kappa shape index (κ3) is 7.16. The molecule has 1 unspecified atom stereocenters. The van der Waals surface area contributed by atoms with Gasteiger partial charge in [-0.3, -0.25) is 0 Å². The molecule has 0 saturated carbocycles. The van der Waals surface area contributed by atoms with Gasteiger partial charge in [0.05, 0.1) is 4.90 Å². The van der Waals surface area contributed by atoms with Crippen LogP contribution in [0.5, 0.6) is 0 Å². The van der Waals surface area contributed by atoms with Crippen LogP contribution in [-0.2, 0) is 9.84 Å². The number of anilines is 2. The topological polar surface area (TPSA) is 40.6 Å². The summed E-state index contributed by atoms with van der Waals surface area (Å²) in [6, 6.07) is 23.5. The molecule has 0 aliphatic rings. The minimum Gasteiger partial charge on any atom is -0.372 e. The Morgan fingerprint density at radius 2 is 1.05 bits per heavy atom. The molecule has 0 aliphatic heterocycles. The third-order valence-corrected chi connectivity index (χ3v) is 9.20. The maximum absolute atomic E-state index is 14.1. The van der Waals surface area contributed by atoms with Crippen LogP contribution in [0.25, 0.3) is 0 Å². The quantitative estimate of drug-likeness (QED) is 0.217. The predicted octanol–water partition coefficient (Wildman–Crippen LogP) is 7.81. The van der Waals surface area contributed by atoms with Gasteiger partial charge in [0.25, 0.3) is 0 Å². The third-order valence-electron chi connectivity index (χ3n) is 7.11. The summed E-state index contributed by atoms with van der Waals surface area (Å²) >= 11 is 0. The van der Waals surface area contributed by atoms with E-state index in [-0.39, 0.29) is 0 Å². The number of sulfone groups is 1. The lowest BCUT2D eigenvalue weighted by atomic mass is 10.0. The number of hydrogen-bond acceptors (Lipinski definition) is 4. The number of unbranched alkanes of at least 4 members (excludes halogenated alkanes) is 2. The summed E-state index contributed by atoms with van der Waals surface area (Å²) in [6.45, 7) is 14.5. The Kier molecular flexibility index (Phi) is 10.6. The average Bonchev–Trinajstić information content (AvgIpc) is 2.91. The Labute approximate surface area is 225 Å². The van der Waals surface area contributed by atoms with Gasteiger partial charge < -0.3 is 9.80 Å². The Morgan fingerprint density at radius 3 is 1.46 bits per heavy atom. The molecule has 0 heterocycles. The summed E-state index contributed by atoms with van der Waals surface area (Å²) < 4.78 is 28.1. The van der Waals surface area contributed by atoms with E-state index in [1.165, 1.54) is 0 Å². The molecule has 3 aromatic carbocycles. The van der Waals surface area contributed by atoms with Gasteiger partial charge in [0.1, 0.15) is 5.25 Å². The molecule has 3 aromatic rings. The highest BCUT2D eigenvalue weighted by Crippen LogP contribution is 2.37. The fraction of sp³-hybridized carbons (Fsp3) is 0.438. The van der Waals surface area contributed by atoms with Crippen molar-refractivity contribution in [3.63, 3.8) is 0 Å². The fourth-order valence-corrected chi connectivity index (χ4v) is 6.61. The zero-order valence-electron chi connectivity index (χ0n) is 23.3. The molecule has 0 aromatic heterocycles. The molecule has 5 heteroatoms. The summed E-state index contributed by atoms with van der Waals surface area (Å²) in [5.41, 5.74) is 4.90. The molecule has 0 amide bonds. The molecular formula is C32H44N2O2S. The molecule has 1 atom stereocenters. The van der Waals surface area contributed by atoms with Crippen LogP contribution in [0.1, 0.15) is 75.3 Å². The molecule has 0 radical (unpaired) electrons. The maximum Gasteiger partial charge on any atom is 0.189 e. The second-order valence-corrected chi connectivity index (χ2v) is 11.8. The van der Waals surface area contributed by atoms with E-state index in [9.17, 15) is 8.42 Å². The summed E-state index contributed by atoms with van der Waals surface area (Å²) in [5.74, 6) is 0. The lowest BCUT2D eigenvalue weighted by Gasteiger charge is -2.26. The van der Waals surface area contributed by atoms with E-state index in [1.807, 2.05) is 55.5 Å². The van der Waals surface area contributed by atoms with Crippen molar-refractivity contribution in [2.24, 2.45) is 0 Å². The highest BCUT2D eigenvalue weighted by atomic mass is 32.2. The number of nitrogens with zero attached hydrogens (tertiary/aromatic N) is 2. The Morgan fingerprint density at radius 1 is 0.622 bits per heavy atom. The van der Waals surface area contributed by atoms with E-state index in [0.29, 0.717) is 4.90 Å². The molecule has 200 valence electrons. The van der Waals surface area contributed by atoms with Crippen molar-refractivity contribution >= 4 is 21.2 Å². The Bertz CT molecular complexity index is 1180. The van der Waals surface area contributed by atoms with Crippen LogP contribution in [0.4, 0.5) is 11.4 Å². The maximum atomic E-state index is 14.1. The van der Waals surface area contributed by atoms with E-state index >= 15 is 0 Å². The lowest BCUT2D eigenvalue weighted by molar-refractivity contribution is 0.589. The van der Waals surface area contributed by atoms with Gasteiger partial charge >= 0.3 is 0 Å². The van der Waals surface area contributed by atoms with E-state index in [4.69, 9.17) is 0 Å². The highest BCUT2D eigenvalue weighted by Gasteiger charge is 2.31. The van der Waals surface area contributed by atoms with Crippen molar-refractivity contribution in [3.8, 4) is 0 Å². The van der Waals surface area contributed by atoms with E-state index in [1.54, 1.807) is 12.1 Å². The molecule has 4 nitrogen and oxygen atoms in total. The van der Waals surface area contributed by atoms with E-state index < -0.39 is 15.1 Å². The number of rotatable bonds is 14. The van der Waals surface area contributed by atoms with Gasteiger partial charge in [-0.15, -0.1) is 0 Å². The van der Waals surface area contributed by atoms with E-state index in [0.717, 1.165) is 79.9 Å². The van der Waals surface area contributed by atoms with Gasteiger partial charge in [-0.2, -0.15) is 0 Å². The first-order valence-electron chi connectivity index (χ1n) is 13.9.